The molecule has 0 spiro atoms. The highest BCUT2D eigenvalue weighted by Gasteiger charge is 2.31. The van der Waals surface area contributed by atoms with Crippen molar-refractivity contribution in [2.45, 2.75) is 52.7 Å². The van der Waals surface area contributed by atoms with Crippen LogP contribution in [-0.4, -0.2) is 68.6 Å². The number of amides is 1. The Morgan fingerprint density at radius 2 is 1.86 bits per heavy atom. The number of carbonyl (C=O) groups is 2. The third-order valence-electron chi connectivity index (χ3n) is 6.87. The Balaban J connectivity index is 1.46. The van der Waals surface area contributed by atoms with E-state index in [1.54, 1.807) is 18.0 Å². The molecule has 44 heavy (non-hydrogen) atoms. The predicted molar refractivity (Wildman–Crippen MR) is 159 cm³/mol. The number of fused-ring (bicyclic) bond motifs is 1. The zero-order chi connectivity index (χ0) is 31.3. The maximum absolute atomic E-state index is 14.3. The second-order valence-electron chi connectivity index (χ2n) is 11.5. The number of esters is 1. The van der Waals surface area contributed by atoms with Gasteiger partial charge >= 0.3 is 12.1 Å². The molecule has 1 fully saturated rings. The highest BCUT2D eigenvalue weighted by atomic mass is 19.1. The van der Waals surface area contributed by atoms with Crippen molar-refractivity contribution in [3.63, 3.8) is 0 Å². The molecule has 12 heteroatoms. The van der Waals surface area contributed by atoms with Crippen molar-refractivity contribution in [1.82, 2.24) is 24.6 Å². The summed E-state index contributed by atoms with van der Waals surface area (Å²) >= 11 is 0. The smallest absolute Gasteiger partial charge is 0.410 e. The van der Waals surface area contributed by atoms with Crippen LogP contribution in [0.3, 0.4) is 0 Å². The van der Waals surface area contributed by atoms with Crippen molar-refractivity contribution in [2.24, 2.45) is 5.92 Å². The number of benzene rings is 2. The van der Waals surface area contributed by atoms with Crippen molar-refractivity contribution < 1.29 is 32.9 Å². The quantitative estimate of drug-likeness (QED) is 0.223. The first-order valence-corrected chi connectivity index (χ1v) is 14.6. The summed E-state index contributed by atoms with van der Waals surface area (Å²) < 4.78 is 38.1. The molecule has 1 atom stereocenters. The molecule has 4 aromatic rings. The molecule has 2 aromatic heterocycles. The molecular formula is C32H36FN5O6. The minimum Gasteiger partial charge on any atom is -0.480 e. The molecule has 1 amide bonds. The van der Waals surface area contributed by atoms with Gasteiger partial charge in [-0.2, -0.15) is 10.1 Å². The number of rotatable bonds is 10. The fourth-order valence-corrected chi connectivity index (χ4v) is 4.90. The van der Waals surface area contributed by atoms with Gasteiger partial charge in [0.25, 0.3) is 0 Å². The Morgan fingerprint density at radius 3 is 2.61 bits per heavy atom. The van der Waals surface area contributed by atoms with Gasteiger partial charge in [-0.1, -0.05) is 30.3 Å². The summed E-state index contributed by atoms with van der Waals surface area (Å²) in [5.74, 6) is -0.0627. The molecule has 0 bridgehead atoms. The van der Waals surface area contributed by atoms with Crippen molar-refractivity contribution >= 4 is 23.1 Å². The van der Waals surface area contributed by atoms with E-state index in [-0.39, 0.29) is 31.0 Å². The summed E-state index contributed by atoms with van der Waals surface area (Å²) in [6, 6.07) is 13.7. The molecule has 0 aliphatic carbocycles. The van der Waals surface area contributed by atoms with Crippen LogP contribution in [0.4, 0.5) is 9.18 Å². The van der Waals surface area contributed by atoms with Gasteiger partial charge in [-0.25, -0.2) is 23.6 Å². The highest BCUT2D eigenvalue weighted by Crippen LogP contribution is 2.31. The second-order valence-corrected chi connectivity index (χ2v) is 11.5. The lowest BCUT2D eigenvalue weighted by Crippen LogP contribution is -2.35. The van der Waals surface area contributed by atoms with Crippen molar-refractivity contribution in [1.29, 1.82) is 0 Å². The van der Waals surface area contributed by atoms with Crippen molar-refractivity contribution in [2.75, 3.05) is 26.3 Å². The maximum Gasteiger partial charge on any atom is 0.410 e. The van der Waals surface area contributed by atoms with Crippen molar-refractivity contribution in [3.05, 3.63) is 71.9 Å². The summed E-state index contributed by atoms with van der Waals surface area (Å²) in [6.07, 6.45) is 2.49. The first-order chi connectivity index (χ1) is 21.1. The summed E-state index contributed by atoms with van der Waals surface area (Å²) in [5, 5.41) is 5.07. The van der Waals surface area contributed by atoms with E-state index in [0.29, 0.717) is 47.9 Å². The summed E-state index contributed by atoms with van der Waals surface area (Å²) in [7, 11) is 0. The average molecular weight is 606 g/mol. The fourth-order valence-electron chi connectivity index (χ4n) is 4.90. The Labute approximate surface area is 254 Å². The average Bonchev–Trinajstić information content (AvgIpc) is 3.62. The van der Waals surface area contributed by atoms with Gasteiger partial charge in [-0.15, -0.1) is 0 Å². The molecule has 0 unspecified atom stereocenters. The van der Waals surface area contributed by atoms with Gasteiger partial charge in [-0.3, -0.25) is 0 Å². The van der Waals surface area contributed by atoms with E-state index in [2.05, 4.69) is 5.10 Å². The Hall–Kier alpha value is -4.74. The molecule has 3 heterocycles. The molecule has 2 aromatic carbocycles. The number of hydrogen-bond acceptors (Lipinski definition) is 9. The van der Waals surface area contributed by atoms with E-state index < -0.39 is 24.0 Å². The van der Waals surface area contributed by atoms with Crippen LogP contribution in [0.15, 0.2) is 54.7 Å². The van der Waals surface area contributed by atoms with Crippen LogP contribution < -0.4 is 9.47 Å². The number of carbonyl (C=O) groups excluding carboxylic acids is 2. The third kappa shape index (κ3) is 7.61. The number of likely N-dealkylation sites (tertiary alicyclic amines) is 1. The van der Waals surface area contributed by atoms with Crippen LogP contribution >= 0.6 is 0 Å². The molecular weight excluding hydrogens is 569 g/mol. The number of nitrogens with zero attached hydrogens (tertiary/aromatic N) is 5. The summed E-state index contributed by atoms with van der Waals surface area (Å²) in [4.78, 5) is 35.9. The molecule has 0 saturated carbocycles. The molecule has 232 valence electrons. The van der Waals surface area contributed by atoms with Gasteiger partial charge in [-0.05, 0) is 57.7 Å². The number of aromatic nitrogens is 4. The molecule has 5 rings (SSSR count). The zero-order valence-corrected chi connectivity index (χ0v) is 25.3. The van der Waals surface area contributed by atoms with E-state index in [4.69, 9.17) is 28.9 Å². The third-order valence-corrected chi connectivity index (χ3v) is 6.87. The van der Waals surface area contributed by atoms with Gasteiger partial charge in [0.1, 0.15) is 40.7 Å². The molecule has 11 nitrogen and oxygen atoms in total. The van der Waals surface area contributed by atoms with E-state index in [1.807, 2.05) is 51.1 Å². The van der Waals surface area contributed by atoms with E-state index in [1.165, 1.54) is 22.9 Å². The first-order valence-electron chi connectivity index (χ1n) is 14.6. The van der Waals surface area contributed by atoms with Gasteiger partial charge < -0.3 is 23.8 Å². The van der Waals surface area contributed by atoms with Crippen LogP contribution in [0, 0.1) is 11.7 Å². The van der Waals surface area contributed by atoms with Gasteiger partial charge in [0, 0.05) is 25.6 Å². The minimum absolute atomic E-state index is 0.0961. The molecule has 1 saturated heterocycles. The lowest BCUT2D eigenvalue weighted by Gasteiger charge is -2.24. The highest BCUT2D eigenvalue weighted by molar-refractivity contribution is 5.82. The number of halogens is 1. The normalized spacial score (nSPS) is 14.9. The standard InChI is InChI=1S/C32H36FN5O6/c1-5-41-28(39)20-42-26-16-23(33)11-12-25(26)38-29-24(17-34-38)30(43-19-21-9-7-6-8-10-21)36-27(35-29)15-22-13-14-37(18-22)31(40)44-32(2,3)4/h6-12,16-17,22H,5,13-15,18-20H2,1-4H3/t22-/m0/s1. The Kier molecular flexibility index (Phi) is 9.26. The largest absolute Gasteiger partial charge is 0.480 e. The summed E-state index contributed by atoms with van der Waals surface area (Å²) in [5.41, 5.74) is 1.19. The van der Waals surface area contributed by atoms with E-state index >= 15 is 0 Å². The van der Waals surface area contributed by atoms with Crippen molar-refractivity contribution in [3.8, 4) is 17.3 Å². The zero-order valence-electron chi connectivity index (χ0n) is 25.3. The van der Waals surface area contributed by atoms with Crippen LogP contribution in [-0.2, 0) is 27.3 Å². The maximum atomic E-state index is 14.3. The lowest BCUT2D eigenvalue weighted by atomic mass is 10.0. The molecule has 0 radical (unpaired) electrons. The number of ether oxygens (including phenoxy) is 4. The van der Waals surface area contributed by atoms with Crippen LogP contribution in [0.2, 0.25) is 0 Å². The predicted octanol–water partition coefficient (Wildman–Crippen LogP) is 5.28. The van der Waals surface area contributed by atoms with Gasteiger partial charge in [0.05, 0.1) is 12.8 Å². The minimum atomic E-state index is -0.578. The monoisotopic (exact) mass is 605 g/mol. The molecule has 1 aliphatic heterocycles. The Morgan fingerprint density at radius 1 is 1.07 bits per heavy atom. The second kappa shape index (κ2) is 13.3. The topological polar surface area (TPSA) is 118 Å². The van der Waals surface area contributed by atoms with Gasteiger partial charge in [0.15, 0.2) is 12.3 Å². The van der Waals surface area contributed by atoms with Crippen LogP contribution in [0.25, 0.3) is 16.7 Å². The Bertz CT molecular complexity index is 1620. The van der Waals surface area contributed by atoms with Crippen LogP contribution in [0.1, 0.15) is 45.5 Å². The molecule has 1 aliphatic rings. The molecule has 0 N–H and O–H groups in total. The fraction of sp³-hybridized carbons (Fsp3) is 0.406. The van der Waals surface area contributed by atoms with Crippen LogP contribution in [0.5, 0.6) is 11.6 Å². The summed E-state index contributed by atoms with van der Waals surface area (Å²) in [6.45, 7) is 8.39. The lowest BCUT2D eigenvalue weighted by molar-refractivity contribution is -0.145. The van der Waals surface area contributed by atoms with Gasteiger partial charge in [0.2, 0.25) is 5.88 Å². The van der Waals surface area contributed by atoms with E-state index in [0.717, 1.165) is 12.0 Å². The van der Waals surface area contributed by atoms with E-state index in [9.17, 15) is 14.0 Å². The number of hydrogen-bond donors (Lipinski definition) is 0. The first kappa shape index (κ1) is 30.7. The SMILES string of the molecule is CCOC(=O)COc1cc(F)ccc1-n1ncc2c(OCc3ccccc3)nc(C[C@@H]3CCN(C(=O)OC(C)(C)C)C3)nc21.